The molecule has 6 N–H and O–H groups in total. The molecule has 1 aliphatic heterocycles. The van der Waals surface area contributed by atoms with Crippen molar-refractivity contribution in [2.45, 2.75) is 36.5 Å². The number of benzene rings is 1. The summed E-state index contributed by atoms with van der Waals surface area (Å²) in [7, 11) is -2.78. The van der Waals surface area contributed by atoms with E-state index in [2.05, 4.69) is 25.4 Å². The van der Waals surface area contributed by atoms with Crippen LogP contribution in [0.4, 0.5) is 16.2 Å². The Labute approximate surface area is 214 Å². The molecule has 1 aromatic carbocycles. The Bertz CT molecular complexity index is 1330. The predicted molar refractivity (Wildman–Crippen MR) is 130 cm³/mol. The number of aliphatic hydroxyl groups excluding tert-OH is 1. The summed E-state index contributed by atoms with van der Waals surface area (Å²) in [6.45, 7) is 0.539. The number of rotatable bonds is 10. The number of alkyl halides is 2. The van der Waals surface area contributed by atoms with Crippen molar-refractivity contribution in [2.24, 2.45) is 0 Å². The molecule has 0 saturated carbocycles. The highest BCUT2D eigenvalue weighted by Gasteiger charge is 2.58. The number of fused-ring (bicyclic) bond motifs is 1. The molecule has 0 spiro atoms. The van der Waals surface area contributed by atoms with Gasteiger partial charge in [-0.3, -0.25) is 13.9 Å². The Hall–Kier alpha value is -3.07. The van der Waals surface area contributed by atoms with Crippen molar-refractivity contribution in [3.63, 3.8) is 0 Å². The Morgan fingerprint density at radius 2 is 2.11 bits per heavy atom. The van der Waals surface area contributed by atoms with Gasteiger partial charge in [0.2, 0.25) is 5.95 Å². The van der Waals surface area contributed by atoms with Gasteiger partial charge >= 0.3 is 13.7 Å². The minimum absolute atomic E-state index is 0.0772. The van der Waals surface area contributed by atoms with Crippen LogP contribution in [0.25, 0.3) is 11.2 Å². The number of aromatic nitrogens is 4. The number of hydrogen-bond acceptors (Lipinski definition) is 11. The Morgan fingerprint density at radius 1 is 1.41 bits per heavy atom. The van der Waals surface area contributed by atoms with Crippen molar-refractivity contribution in [1.82, 2.24) is 24.6 Å². The maximum absolute atomic E-state index is 15.6. The number of imidazole rings is 1. The zero-order chi connectivity index (χ0) is 27.0. The maximum atomic E-state index is 15.6. The van der Waals surface area contributed by atoms with Crippen LogP contribution in [0, 0.1) is 0 Å². The first-order valence-electron chi connectivity index (χ1n) is 10.8. The molecule has 37 heavy (non-hydrogen) atoms. The smallest absolute Gasteiger partial charge is 0.459 e. The molecule has 2 aromatic heterocycles. The highest BCUT2D eigenvalue weighted by Crippen LogP contribution is 2.49. The van der Waals surface area contributed by atoms with E-state index >= 15 is 4.39 Å². The first-order valence-corrected chi connectivity index (χ1v) is 12.8. The highest BCUT2D eigenvalue weighted by molar-refractivity contribution is 7.52. The van der Waals surface area contributed by atoms with Gasteiger partial charge < -0.3 is 30.5 Å². The second-order valence-electron chi connectivity index (χ2n) is 8.04. The summed E-state index contributed by atoms with van der Waals surface area (Å²) in [5.74, 6) is -1.07. The number of nitrogens with two attached hydrogens (primary N) is 1. The molecule has 6 atom stereocenters. The van der Waals surface area contributed by atoms with Crippen molar-refractivity contribution in [1.29, 1.82) is 0 Å². The molecule has 3 aromatic rings. The lowest BCUT2D eigenvalue weighted by atomic mass is 10.1. The van der Waals surface area contributed by atoms with Gasteiger partial charge in [-0.1, -0.05) is 29.8 Å². The summed E-state index contributed by atoms with van der Waals surface area (Å²) in [5, 5.41) is 22.0. The van der Waals surface area contributed by atoms with E-state index in [4.69, 9.17) is 31.1 Å². The lowest BCUT2D eigenvalue weighted by Crippen LogP contribution is -2.39. The van der Waals surface area contributed by atoms with Crippen LogP contribution in [-0.2, 0) is 18.6 Å². The van der Waals surface area contributed by atoms with E-state index in [1.807, 2.05) is 0 Å². The van der Waals surface area contributed by atoms with Crippen LogP contribution in [-0.4, -0.2) is 72.7 Å². The zero-order valence-corrected chi connectivity index (χ0v) is 21.1. The molecule has 4 rings (SSSR count). The number of ether oxygens (including phenoxy) is 1. The van der Waals surface area contributed by atoms with Crippen LogP contribution in [0.1, 0.15) is 13.2 Å². The molecule has 0 radical (unpaired) electrons. The van der Waals surface area contributed by atoms with Gasteiger partial charge in [0, 0.05) is 7.05 Å². The third-order valence-electron chi connectivity index (χ3n) is 5.41. The summed E-state index contributed by atoms with van der Waals surface area (Å²) >= 11 is 6.06. The number of carboxylic acid groups (broad SMARTS) is 1. The number of carboxylic acids is 1. The third-order valence-corrected chi connectivity index (χ3v) is 7.46. The lowest BCUT2D eigenvalue weighted by molar-refractivity contribution is -0.138. The van der Waals surface area contributed by atoms with E-state index in [0.29, 0.717) is 0 Å². The van der Waals surface area contributed by atoms with Crippen LogP contribution in [0.2, 0.25) is 0 Å². The van der Waals surface area contributed by atoms with Crippen molar-refractivity contribution in [3.05, 3.63) is 36.7 Å². The standard InChI is InChI=1S/C20H24ClFN7O7P/c1-10(17(31)32)28-37(33,36-11-6-4-3-5-7-11)34-8-12-14(30)20(21,22)18(35-12)29-9-25-13-15(24-2)26-19(23)27-16(13)29/h3-7,9-10,12,14,18,30H,8H2,1-2H3,(H,28,33)(H,31,32)(H3,23,24,26,27)/t10-,12+,14+,18+,20+,37?/m0/s1. The van der Waals surface area contributed by atoms with Crippen LogP contribution < -0.4 is 20.7 Å². The lowest BCUT2D eigenvalue weighted by Gasteiger charge is -2.24. The molecule has 200 valence electrons. The monoisotopic (exact) mass is 559 g/mol. The quantitative estimate of drug-likeness (QED) is 0.178. The molecule has 17 heteroatoms. The molecule has 14 nitrogen and oxygen atoms in total. The van der Waals surface area contributed by atoms with Gasteiger partial charge in [-0.15, -0.1) is 0 Å². The van der Waals surface area contributed by atoms with Crippen molar-refractivity contribution in [3.8, 4) is 5.75 Å². The second-order valence-corrected chi connectivity index (χ2v) is 10.3. The van der Waals surface area contributed by atoms with Crippen molar-refractivity contribution in [2.75, 3.05) is 24.7 Å². The summed E-state index contributed by atoms with van der Waals surface area (Å²) in [6.07, 6.45) is -3.89. The molecule has 0 amide bonds. The number of aliphatic carboxylic acids is 1. The molecule has 3 heterocycles. The minimum atomic E-state index is -4.36. The van der Waals surface area contributed by atoms with Crippen molar-refractivity contribution >= 4 is 48.2 Å². The molecule has 1 aliphatic rings. The van der Waals surface area contributed by atoms with E-state index in [0.717, 1.165) is 4.57 Å². The number of carbonyl (C=O) groups is 1. The molecule has 0 aliphatic carbocycles. The Balaban J connectivity index is 1.58. The van der Waals surface area contributed by atoms with E-state index in [1.54, 1.807) is 25.2 Å². The number of halogens is 2. The largest absolute Gasteiger partial charge is 0.480 e. The SMILES string of the molecule is CNc1nc(N)nc2c1ncn2[C@@H]1O[C@H](COP(=O)(N[C@@H](C)C(=O)O)Oc2ccccc2)[C@@H](O)[C@]1(F)Cl. The number of hydrogen-bond donors (Lipinski definition) is 5. The first kappa shape index (κ1) is 27.0. The molecule has 1 fully saturated rings. The van der Waals surface area contributed by atoms with Gasteiger partial charge in [0.15, 0.2) is 23.2 Å². The fourth-order valence-corrected chi connectivity index (χ4v) is 5.36. The van der Waals surface area contributed by atoms with E-state index < -0.39 is 49.9 Å². The Morgan fingerprint density at radius 3 is 2.76 bits per heavy atom. The van der Waals surface area contributed by atoms with Gasteiger partial charge in [-0.25, -0.2) is 13.9 Å². The van der Waals surface area contributed by atoms with Gasteiger partial charge in [-0.2, -0.15) is 15.1 Å². The van der Waals surface area contributed by atoms with Crippen LogP contribution in [0.15, 0.2) is 36.7 Å². The molecule has 1 unspecified atom stereocenters. The minimum Gasteiger partial charge on any atom is -0.480 e. The fourth-order valence-electron chi connectivity index (χ4n) is 3.56. The summed E-state index contributed by atoms with van der Waals surface area (Å²) in [5.41, 5.74) is 6.06. The maximum Gasteiger partial charge on any atom is 0.459 e. The van der Waals surface area contributed by atoms with E-state index in [-0.39, 0.29) is 28.7 Å². The molecule has 1 saturated heterocycles. The van der Waals surface area contributed by atoms with Gasteiger partial charge in [-0.05, 0) is 19.1 Å². The summed E-state index contributed by atoms with van der Waals surface area (Å²) in [6, 6.07) is 6.50. The third kappa shape index (κ3) is 5.46. The van der Waals surface area contributed by atoms with Crippen molar-refractivity contribution < 1.29 is 37.7 Å². The Kier molecular flexibility index (Phi) is 7.55. The number of nitrogens with zero attached hydrogens (tertiary/aromatic N) is 4. The number of anilines is 2. The fraction of sp³-hybridized carbons (Fsp3) is 0.400. The summed E-state index contributed by atoms with van der Waals surface area (Å²) in [4.78, 5) is 23.5. The second kappa shape index (κ2) is 10.4. The highest BCUT2D eigenvalue weighted by atomic mass is 35.5. The molecule has 0 bridgehead atoms. The van der Waals surface area contributed by atoms with Crippen LogP contribution in [0.3, 0.4) is 0 Å². The topological polar surface area (TPSA) is 196 Å². The predicted octanol–water partition coefficient (Wildman–Crippen LogP) is 1.88. The zero-order valence-electron chi connectivity index (χ0n) is 19.5. The first-order chi connectivity index (χ1) is 17.4. The number of para-hydroxylation sites is 1. The summed E-state index contributed by atoms with van der Waals surface area (Å²) < 4.78 is 46.5. The van der Waals surface area contributed by atoms with Crippen LogP contribution >= 0.6 is 19.3 Å². The van der Waals surface area contributed by atoms with Gasteiger partial charge in [0.25, 0.3) is 5.13 Å². The van der Waals surface area contributed by atoms with Gasteiger partial charge in [0.1, 0.15) is 24.0 Å². The van der Waals surface area contributed by atoms with E-state index in [9.17, 15) is 19.6 Å². The van der Waals surface area contributed by atoms with Crippen LogP contribution in [0.5, 0.6) is 5.75 Å². The number of nitrogen functional groups attached to an aromatic ring is 1. The molecular formula is C20H24ClFN7O7P. The normalized spacial score (nSPS) is 26.0. The molecular weight excluding hydrogens is 536 g/mol. The number of nitrogens with one attached hydrogen (secondary N) is 2. The van der Waals surface area contributed by atoms with E-state index in [1.165, 1.54) is 25.4 Å². The average Bonchev–Trinajstić information content (AvgIpc) is 3.35. The van der Waals surface area contributed by atoms with Gasteiger partial charge in [0.05, 0.1) is 12.9 Å². The average molecular weight is 560 g/mol. The number of aliphatic hydroxyl groups is 1.